The predicted octanol–water partition coefficient (Wildman–Crippen LogP) is 2.34. The van der Waals surface area contributed by atoms with Gasteiger partial charge in [0.25, 0.3) is 0 Å². The van der Waals surface area contributed by atoms with Crippen LogP contribution < -0.4 is 11.1 Å². The van der Waals surface area contributed by atoms with Gasteiger partial charge in [-0.2, -0.15) is 0 Å². The smallest absolute Gasteiger partial charge is 0.229 e. The fourth-order valence-electron chi connectivity index (χ4n) is 5.33. The van der Waals surface area contributed by atoms with Gasteiger partial charge in [-0.25, -0.2) is 9.97 Å². The zero-order valence-corrected chi connectivity index (χ0v) is 16.1. The van der Waals surface area contributed by atoms with Gasteiger partial charge in [-0.05, 0) is 56.1 Å². The van der Waals surface area contributed by atoms with Crippen LogP contribution in [-0.4, -0.2) is 46.1 Å². The van der Waals surface area contributed by atoms with Crippen LogP contribution >= 0.6 is 0 Å². The number of amides is 1. The van der Waals surface area contributed by atoms with E-state index >= 15 is 0 Å². The Morgan fingerprint density at radius 3 is 2.86 bits per heavy atom. The fraction of sp³-hybridized carbons (Fsp3) is 0.524. The van der Waals surface area contributed by atoms with E-state index in [1.807, 2.05) is 6.07 Å². The molecule has 2 unspecified atom stereocenters. The molecule has 7 nitrogen and oxygen atoms in total. The summed E-state index contributed by atoms with van der Waals surface area (Å²) in [4.78, 5) is 28.3. The number of hydrogen-bond donors (Lipinski definition) is 2. The minimum atomic E-state index is 0.00858. The van der Waals surface area contributed by atoms with E-state index in [-0.39, 0.29) is 11.5 Å². The van der Waals surface area contributed by atoms with Crippen LogP contribution in [0.5, 0.6) is 0 Å². The van der Waals surface area contributed by atoms with E-state index in [9.17, 15) is 4.79 Å². The van der Waals surface area contributed by atoms with Gasteiger partial charge in [0.05, 0.1) is 22.8 Å². The highest BCUT2D eigenvalue weighted by atomic mass is 16.2. The highest BCUT2D eigenvalue weighted by Crippen LogP contribution is 2.65. The summed E-state index contributed by atoms with van der Waals surface area (Å²) in [5.74, 6) is 1.74. The van der Waals surface area contributed by atoms with E-state index in [1.165, 1.54) is 11.8 Å². The first-order valence-corrected chi connectivity index (χ1v) is 10.1. The van der Waals surface area contributed by atoms with Crippen LogP contribution in [0.25, 0.3) is 5.57 Å². The van der Waals surface area contributed by atoms with Crippen molar-refractivity contribution in [3.8, 4) is 0 Å². The van der Waals surface area contributed by atoms with Gasteiger partial charge < -0.3 is 16.0 Å². The Labute approximate surface area is 164 Å². The Bertz CT molecular complexity index is 887. The Kier molecular flexibility index (Phi) is 4.00. The van der Waals surface area contributed by atoms with Gasteiger partial charge >= 0.3 is 0 Å². The second-order valence-corrected chi connectivity index (χ2v) is 8.57. The summed E-state index contributed by atoms with van der Waals surface area (Å²) in [5.41, 5.74) is 8.39. The van der Waals surface area contributed by atoms with Crippen LogP contribution in [0.15, 0.2) is 35.2 Å². The summed E-state index contributed by atoms with van der Waals surface area (Å²) in [5, 5.41) is 3.09. The summed E-state index contributed by atoms with van der Waals surface area (Å²) in [7, 11) is 1.69. The molecule has 3 N–H and O–H groups in total. The third-order valence-electron chi connectivity index (χ3n) is 6.81. The van der Waals surface area contributed by atoms with Crippen molar-refractivity contribution in [2.45, 2.75) is 50.6 Å². The van der Waals surface area contributed by atoms with Crippen molar-refractivity contribution in [2.75, 3.05) is 12.4 Å². The number of nitrogens with zero attached hydrogens (tertiary/aromatic N) is 4. The molecule has 5 aliphatic rings. The molecule has 2 atom stereocenters. The Morgan fingerprint density at radius 1 is 1.39 bits per heavy atom. The van der Waals surface area contributed by atoms with E-state index in [1.54, 1.807) is 19.5 Å². The SMILES string of the molecule is CN=CC(=CN)Nc1nccc(C2=CC3CCC(C2)N3C(=O)C23CC(C2)C3)n1. The molecule has 4 bridgehead atoms. The molecule has 0 spiro atoms. The van der Waals surface area contributed by atoms with Crippen molar-refractivity contribution in [1.29, 1.82) is 0 Å². The molecule has 3 heterocycles. The van der Waals surface area contributed by atoms with E-state index < -0.39 is 0 Å². The zero-order chi connectivity index (χ0) is 19.3. The van der Waals surface area contributed by atoms with Gasteiger partial charge in [-0.1, -0.05) is 6.08 Å². The molecule has 0 aromatic carbocycles. The molecule has 1 aromatic heterocycles. The minimum Gasteiger partial charge on any atom is -0.403 e. The molecule has 3 saturated carbocycles. The van der Waals surface area contributed by atoms with E-state index in [0.29, 0.717) is 23.6 Å². The average molecular weight is 378 g/mol. The standard InChI is InChI=1S/C21H26N6O/c1-23-12-15(11-22)25-20-24-5-4-18(26-20)14-6-16-2-3-17(7-14)27(16)19(28)21-8-13(9-21)10-21/h4-6,11-13,16-17H,2-3,7-10,22H2,1H3,(H,24,25,26). The van der Waals surface area contributed by atoms with Gasteiger partial charge in [-0.15, -0.1) is 0 Å². The summed E-state index contributed by atoms with van der Waals surface area (Å²) in [6.45, 7) is 0. The molecule has 6 rings (SSSR count). The van der Waals surface area contributed by atoms with Gasteiger partial charge in [0.2, 0.25) is 11.9 Å². The molecule has 7 heteroatoms. The zero-order valence-electron chi connectivity index (χ0n) is 16.1. The second-order valence-electron chi connectivity index (χ2n) is 8.57. The molecule has 2 aliphatic heterocycles. The van der Waals surface area contributed by atoms with Crippen molar-refractivity contribution >= 4 is 23.6 Å². The number of allylic oxidation sites excluding steroid dienone is 1. The summed E-state index contributed by atoms with van der Waals surface area (Å²) < 4.78 is 0. The van der Waals surface area contributed by atoms with Gasteiger partial charge in [0, 0.05) is 31.7 Å². The monoisotopic (exact) mass is 378 g/mol. The highest BCUT2D eigenvalue weighted by Gasteiger charge is 2.63. The van der Waals surface area contributed by atoms with Crippen LogP contribution in [0.1, 0.15) is 44.2 Å². The number of anilines is 1. The average Bonchev–Trinajstić information content (AvgIpc) is 2.88. The van der Waals surface area contributed by atoms with Crippen LogP contribution in [0, 0.1) is 11.3 Å². The molecule has 4 fully saturated rings. The highest BCUT2D eigenvalue weighted by molar-refractivity contribution is 5.88. The number of carbonyl (C=O) groups excluding carboxylic acids is 1. The largest absolute Gasteiger partial charge is 0.403 e. The quantitative estimate of drug-likeness (QED) is 0.767. The van der Waals surface area contributed by atoms with Gasteiger partial charge in [-0.3, -0.25) is 9.79 Å². The molecule has 1 amide bonds. The Hall–Kier alpha value is -2.70. The summed E-state index contributed by atoms with van der Waals surface area (Å²) in [6.07, 6.45) is 13.5. The molecule has 146 valence electrons. The number of rotatable bonds is 5. The van der Waals surface area contributed by atoms with Crippen molar-refractivity contribution in [1.82, 2.24) is 14.9 Å². The fourth-order valence-corrected chi connectivity index (χ4v) is 5.33. The molecular formula is C21H26N6O. The van der Waals surface area contributed by atoms with Crippen molar-refractivity contribution in [2.24, 2.45) is 22.1 Å². The Morgan fingerprint density at radius 2 is 2.21 bits per heavy atom. The Balaban J connectivity index is 1.36. The first-order chi connectivity index (χ1) is 13.6. The summed E-state index contributed by atoms with van der Waals surface area (Å²) >= 11 is 0. The van der Waals surface area contributed by atoms with E-state index in [4.69, 9.17) is 5.73 Å². The lowest BCUT2D eigenvalue weighted by atomic mass is 9.44. The minimum absolute atomic E-state index is 0.00858. The number of carbonyl (C=O) groups is 1. The van der Waals surface area contributed by atoms with Crippen molar-refractivity contribution < 1.29 is 4.79 Å². The molecule has 28 heavy (non-hydrogen) atoms. The molecular weight excluding hydrogens is 352 g/mol. The number of hydrogen-bond acceptors (Lipinski definition) is 6. The predicted molar refractivity (Wildman–Crippen MR) is 108 cm³/mol. The second kappa shape index (κ2) is 6.43. The maximum atomic E-state index is 13.1. The van der Waals surface area contributed by atoms with Crippen LogP contribution in [0.3, 0.4) is 0 Å². The molecule has 1 aromatic rings. The normalized spacial score (nSPS) is 33.3. The number of nitrogens with one attached hydrogen (secondary N) is 1. The topological polar surface area (TPSA) is 96.5 Å². The third kappa shape index (κ3) is 2.64. The first kappa shape index (κ1) is 17.4. The van der Waals surface area contributed by atoms with Gasteiger partial charge in [0.1, 0.15) is 0 Å². The lowest BCUT2D eigenvalue weighted by molar-refractivity contribution is -0.179. The molecule has 0 radical (unpaired) electrons. The lowest BCUT2D eigenvalue weighted by Gasteiger charge is -2.62. The maximum absolute atomic E-state index is 13.1. The van der Waals surface area contributed by atoms with Crippen LogP contribution in [0.4, 0.5) is 5.95 Å². The lowest BCUT2D eigenvalue weighted by Crippen LogP contribution is -2.63. The van der Waals surface area contributed by atoms with Crippen LogP contribution in [-0.2, 0) is 4.79 Å². The van der Waals surface area contributed by atoms with Crippen molar-refractivity contribution in [3.63, 3.8) is 0 Å². The number of nitrogens with two attached hydrogens (primary N) is 1. The van der Waals surface area contributed by atoms with Gasteiger partial charge in [0.15, 0.2) is 0 Å². The maximum Gasteiger partial charge on any atom is 0.229 e. The van der Waals surface area contributed by atoms with E-state index in [2.05, 4.69) is 31.3 Å². The number of aliphatic imine (C=N–C) groups is 1. The first-order valence-electron chi connectivity index (χ1n) is 10.1. The van der Waals surface area contributed by atoms with E-state index in [0.717, 1.165) is 50.1 Å². The van der Waals surface area contributed by atoms with Crippen molar-refractivity contribution in [3.05, 3.63) is 35.9 Å². The summed E-state index contributed by atoms with van der Waals surface area (Å²) in [6, 6.07) is 2.47. The third-order valence-corrected chi connectivity index (χ3v) is 6.81. The molecule has 3 aliphatic carbocycles. The molecule has 1 saturated heterocycles. The number of fused-ring (bicyclic) bond motifs is 2. The number of aromatic nitrogens is 2. The van der Waals surface area contributed by atoms with Crippen LogP contribution in [0.2, 0.25) is 0 Å².